The molecule has 4 nitrogen and oxygen atoms in total. The highest BCUT2D eigenvalue weighted by atomic mass is 32.2. The minimum atomic E-state index is -0.481. The van der Waals surface area contributed by atoms with Gasteiger partial charge in [-0.15, -0.1) is 0 Å². The molecule has 114 valence electrons. The maximum atomic E-state index is 6.18. The fraction of sp³-hybridized carbons (Fsp3) is 0.800. The van der Waals surface area contributed by atoms with Gasteiger partial charge in [-0.2, -0.15) is 0 Å². The molecule has 0 saturated carbocycles. The number of unbranched alkanes of at least 4 members (excludes halogenated alkanes) is 3. The summed E-state index contributed by atoms with van der Waals surface area (Å²) >= 11 is 1.38. The summed E-state index contributed by atoms with van der Waals surface area (Å²) in [5.74, 6) is 0. The van der Waals surface area contributed by atoms with Crippen LogP contribution < -0.4 is 4.72 Å². The molecule has 0 bridgehead atoms. The Morgan fingerprint density at radius 2 is 2.35 bits per heavy atom. The van der Waals surface area contributed by atoms with Gasteiger partial charge >= 0.3 is 0 Å². The topological polar surface area (TPSA) is 36.9 Å². The van der Waals surface area contributed by atoms with E-state index in [1.54, 1.807) is 0 Å². The summed E-state index contributed by atoms with van der Waals surface area (Å²) in [6.45, 7) is 6.22. The molecule has 2 aliphatic heterocycles. The number of ether oxygens (including phenoxy) is 1. The Morgan fingerprint density at radius 3 is 3.00 bits per heavy atom. The third-order valence-electron chi connectivity index (χ3n) is 4.17. The number of hydrogen-bond acceptors (Lipinski definition) is 5. The maximum Gasteiger partial charge on any atom is 0.189 e. The van der Waals surface area contributed by atoms with Crippen LogP contribution in [0.2, 0.25) is 0 Å². The fourth-order valence-electron chi connectivity index (χ4n) is 2.54. The van der Waals surface area contributed by atoms with Crippen molar-refractivity contribution in [1.29, 1.82) is 0 Å². The molecule has 0 radical (unpaired) electrons. The van der Waals surface area contributed by atoms with Crippen LogP contribution >= 0.6 is 12.1 Å². The summed E-state index contributed by atoms with van der Waals surface area (Å²) in [6.07, 6.45) is 10.2. The van der Waals surface area contributed by atoms with Crippen LogP contribution in [0, 0.1) is 0 Å². The quantitative estimate of drug-likeness (QED) is 0.445. The third-order valence-corrected chi connectivity index (χ3v) is 4.77. The van der Waals surface area contributed by atoms with Crippen molar-refractivity contribution in [2.75, 3.05) is 20.2 Å². The molecule has 0 saturated heterocycles. The van der Waals surface area contributed by atoms with E-state index in [2.05, 4.69) is 41.0 Å². The number of nitrogens with zero attached hydrogens (tertiary/aromatic N) is 2. The Balaban J connectivity index is 1.94. The van der Waals surface area contributed by atoms with Crippen LogP contribution in [0.25, 0.3) is 0 Å². The summed E-state index contributed by atoms with van der Waals surface area (Å²) in [4.78, 5) is 2.37. The number of hydrogen-bond donors (Lipinski definition) is 1. The van der Waals surface area contributed by atoms with Crippen molar-refractivity contribution in [3.63, 3.8) is 0 Å². The zero-order chi connectivity index (χ0) is 14.4. The molecule has 0 spiro atoms. The second-order valence-corrected chi connectivity index (χ2v) is 6.40. The van der Waals surface area contributed by atoms with E-state index in [1.807, 2.05) is 6.21 Å². The minimum Gasteiger partial charge on any atom is -0.350 e. The van der Waals surface area contributed by atoms with Crippen molar-refractivity contribution in [3.05, 3.63) is 11.6 Å². The lowest BCUT2D eigenvalue weighted by atomic mass is 9.96. The standard InChI is InChI=1S/C15H27N3OS/c1-4-5-6-7-10-19-15(12-16-20-17-15)14-9-8-13(2)18(3)11-14/h9,12-13,17H,4-8,10-11H2,1-3H3. The van der Waals surface area contributed by atoms with Gasteiger partial charge in [-0.25, -0.2) is 9.12 Å². The van der Waals surface area contributed by atoms with Crippen LogP contribution in [0.1, 0.15) is 46.0 Å². The lowest BCUT2D eigenvalue weighted by Crippen LogP contribution is -2.50. The van der Waals surface area contributed by atoms with Gasteiger partial charge in [0.1, 0.15) is 0 Å². The Morgan fingerprint density at radius 1 is 1.50 bits per heavy atom. The molecule has 2 atom stereocenters. The molecule has 2 rings (SSSR count). The van der Waals surface area contributed by atoms with Crippen LogP contribution in [0.15, 0.2) is 16.0 Å². The summed E-state index contributed by atoms with van der Waals surface area (Å²) in [6, 6.07) is 0.603. The van der Waals surface area contributed by atoms with E-state index < -0.39 is 5.72 Å². The van der Waals surface area contributed by atoms with E-state index in [0.717, 1.165) is 26.0 Å². The van der Waals surface area contributed by atoms with Gasteiger partial charge in [-0.3, -0.25) is 4.90 Å². The molecule has 0 aromatic rings. The largest absolute Gasteiger partial charge is 0.350 e. The first-order valence-corrected chi connectivity index (χ1v) is 8.46. The normalized spacial score (nSPS) is 30.8. The average molecular weight is 297 g/mol. The Bertz CT molecular complexity index is 372. The van der Waals surface area contributed by atoms with Crippen LogP contribution in [0.4, 0.5) is 0 Å². The summed E-state index contributed by atoms with van der Waals surface area (Å²) in [7, 11) is 2.17. The predicted octanol–water partition coefficient (Wildman–Crippen LogP) is 3.17. The number of rotatable bonds is 7. The summed E-state index contributed by atoms with van der Waals surface area (Å²) in [5, 5.41) is 0. The van der Waals surface area contributed by atoms with Crippen molar-refractivity contribution >= 4 is 18.3 Å². The lowest BCUT2D eigenvalue weighted by molar-refractivity contribution is 0.0234. The second-order valence-electron chi connectivity index (χ2n) is 5.80. The zero-order valence-electron chi connectivity index (χ0n) is 12.9. The first kappa shape index (κ1) is 16.0. The van der Waals surface area contributed by atoms with Gasteiger partial charge in [0, 0.05) is 19.2 Å². The van der Waals surface area contributed by atoms with E-state index in [1.165, 1.54) is 37.0 Å². The molecular weight excluding hydrogens is 270 g/mol. The molecule has 1 N–H and O–H groups in total. The molecule has 0 amide bonds. The molecule has 2 unspecified atom stereocenters. The highest BCUT2D eigenvalue weighted by Crippen LogP contribution is 2.30. The van der Waals surface area contributed by atoms with Crippen molar-refractivity contribution < 1.29 is 4.74 Å². The smallest absolute Gasteiger partial charge is 0.189 e. The van der Waals surface area contributed by atoms with Gasteiger partial charge in [0.15, 0.2) is 5.72 Å². The SMILES string of the molecule is CCCCCCOC1(C2=CCC(C)N(C)C2)C=NSN1. The molecule has 0 aromatic heterocycles. The number of nitrogens with one attached hydrogen (secondary N) is 1. The highest BCUT2D eigenvalue weighted by Gasteiger charge is 2.38. The van der Waals surface area contributed by atoms with Crippen LogP contribution in [0.3, 0.4) is 0 Å². The highest BCUT2D eigenvalue weighted by molar-refractivity contribution is 7.96. The van der Waals surface area contributed by atoms with Crippen molar-refractivity contribution in [1.82, 2.24) is 9.62 Å². The Kier molecular flexibility index (Phi) is 6.08. The maximum absolute atomic E-state index is 6.18. The minimum absolute atomic E-state index is 0.481. The Hall–Kier alpha value is -0.360. The van der Waals surface area contributed by atoms with Crippen molar-refractivity contribution in [2.24, 2.45) is 4.40 Å². The van der Waals surface area contributed by atoms with Gasteiger partial charge in [-0.05, 0) is 32.4 Å². The molecule has 5 heteroatoms. The zero-order valence-corrected chi connectivity index (χ0v) is 13.7. The van der Waals surface area contributed by atoms with Gasteiger partial charge < -0.3 is 4.74 Å². The van der Waals surface area contributed by atoms with Crippen LogP contribution in [0.5, 0.6) is 0 Å². The van der Waals surface area contributed by atoms with Crippen molar-refractivity contribution in [2.45, 2.75) is 57.7 Å². The summed E-state index contributed by atoms with van der Waals surface area (Å²) in [5.41, 5.74) is 0.813. The second kappa shape index (κ2) is 7.59. The van der Waals surface area contributed by atoms with Crippen molar-refractivity contribution in [3.8, 4) is 0 Å². The third kappa shape index (κ3) is 3.85. The molecule has 0 aliphatic carbocycles. The molecule has 0 fully saturated rings. The monoisotopic (exact) mass is 297 g/mol. The average Bonchev–Trinajstić information content (AvgIpc) is 2.92. The first-order valence-electron chi connectivity index (χ1n) is 7.69. The lowest BCUT2D eigenvalue weighted by Gasteiger charge is -2.37. The van der Waals surface area contributed by atoms with Gasteiger partial charge in [0.2, 0.25) is 0 Å². The van der Waals surface area contributed by atoms with E-state index in [4.69, 9.17) is 4.74 Å². The first-order chi connectivity index (χ1) is 9.68. The van der Waals surface area contributed by atoms with Crippen LogP contribution in [-0.2, 0) is 4.74 Å². The molecule has 2 heterocycles. The molecular formula is C15H27N3OS. The van der Waals surface area contributed by atoms with Crippen LogP contribution in [-0.4, -0.2) is 43.1 Å². The fourth-order valence-corrected chi connectivity index (χ4v) is 3.17. The van der Waals surface area contributed by atoms with E-state index in [-0.39, 0.29) is 0 Å². The van der Waals surface area contributed by atoms with E-state index >= 15 is 0 Å². The van der Waals surface area contributed by atoms with Gasteiger partial charge in [0.05, 0.1) is 18.3 Å². The van der Waals surface area contributed by atoms with Gasteiger partial charge in [0.25, 0.3) is 0 Å². The Labute approximate surface area is 127 Å². The summed E-state index contributed by atoms with van der Waals surface area (Å²) < 4.78 is 13.8. The molecule has 0 aromatic carbocycles. The molecule has 2 aliphatic rings. The molecule has 20 heavy (non-hydrogen) atoms. The predicted molar refractivity (Wildman–Crippen MR) is 86.8 cm³/mol. The van der Waals surface area contributed by atoms with E-state index in [9.17, 15) is 0 Å². The van der Waals surface area contributed by atoms with Gasteiger partial charge in [-0.1, -0.05) is 32.3 Å². The van der Waals surface area contributed by atoms with E-state index in [0.29, 0.717) is 6.04 Å². The number of likely N-dealkylation sites (N-methyl/N-ethyl adjacent to an activating group) is 1.